The molecule has 0 atom stereocenters. The number of nitrogens with one attached hydrogen (secondary N) is 1. The summed E-state index contributed by atoms with van der Waals surface area (Å²) in [5.41, 5.74) is 9.56. The summed E-state index contributed by atoms with van der Waals surface area (Å²) < 4.78 is 5.46. The maximum atomic E-state index is 12.5. The van der Waals surface area contributed by atoms with Crippen LogP contribution in [0.3, 0.4) is 0 Å². The van der Waals surface area contributed by atoms with Crippen molar-refractivity contribution in [1.29, 1.82) is 0 Å². The average Bonchev–Trinajstić information content (AvgIpc) is 2.60. The highest BCUT2D eigenvalue weighted by atomic mass is 16.6. The number of hydrogen-bond donors (Lipinski definition) is 1. The molecule has 0 heterocycles. The van der Waals surface area contributed by atoms with Crippen LogP contribution < -0.4 is 5.32 Å². The number of carbonyl (C=O) groups is 1. The van der Waals surface area contributed by atoms with Gasteiger partial charge in [-0.3, -0.25) is 0 Å². The topological polar surface area (TPSA) is 87.1 Å². The van der Waals surface area contributed by atoms with Crippen molar-refractivity contribution in [1.82, 2.24) is 5.32 Å². The van der Waals surface area contributed by atoms with Gasteiger partial charge in [0.1, 0.15) is 5.60 Å². The largest absolute Gasteiger partial charge is 0.444 e. The third kappa shape index (κ3) is 7.04. The molecular weight excluding hydrogens is 340 g/mol. The number of rotatable bonds is 7. The number of hydrogen-bond acceptors (Lipinski definition) is 3. The Morgan fingerprint density at radius 2 is 1.48 bits per heavy atom. The molecule has 0 radical (unpaired) electrons. The van der Waals surface area contributed by atoms with Crippen LogP contribution in [0.5, 0.6) is 0 Å². The van der Waals surface area contributed by atoms with E-state index in [2.05, 4.69) is 15.3 Å². The van der Waals surface area contributed by atoms with Crippen LogP contribution in [0.2, 0.25) is 0 Å². The quantitative estimate of drug-likeness (QED) is 0.422. The van der Waals surface area contributed by atoms with Crippen LogP contribution in [-0.4, -0.2) is 23.8 Å². The third-order valence-electron chi connectivity index (χ3n) is 3.97. The molecule has 0 fully saturated rings. The average molecular weight is 366 g/mol. The van der Waals surface area contributed by atoms with Crippen LogP contribution in [0.15, 0.2) is 65.8 Å². The van der Waals surface area contributed by atoms with Crippen LogP contribution in [0.1, 0.15) is 31.9 Å². The molecule has 1 amide bonds. The van der Waals surface area contributed by atoms with E-state index >= 15 is 0 Å². The normalized spacial score (nSPS) is 11.4. The number of carbonyl (C=O) groups excluding carboxylic acids is 1. The minimum atomic E-state index is -0.794. The van der Waals surface area contributed by atoms with Gasteiger partial charge in [-0.15, -0.1) is 0 Å². The molecule has 2 aromatic rings. The monoisotopic (exact) mass is 366 g/mol. The Hall–Kier alpha value is -2.98. The lowest BCUT2D eigenvalue weighted by atomic mass is 9.84. The summed E-state index contributed by atoms with van der Waals surface area (Å²) in [5.74, 6) is 0. The van der Waals surface area contributed by atoms with Crippen molar-refractivity contribution in [3.63, 3.8) is 0 Å². The van der Waals surface area contributed by atoms with Gasteiger partial charge in [0, 0.05) is 11.5 Å². The van der Waals surface area contributed by atoms with E-state index in [1.165, 1.54) is 0 Å². The molecule has 0 aliphatic heterocycles. The fraction of sp³-hybridized carbons (Fsp3) is 0.381. The molecule has 2 aromatic carbocycles. The highest BCUT2D eigenvalue weighted by Gasteiger charge is 2.34. The minimum Gasteiger partial charge on any atom is -0.444 e. The molecule has 0 aliphatic rings. The summed E-state index contributed by atoms with van der Waals surface area (Å²) in [4.78, 5) is 15.5. The Morgan fingerprint density at radius 3 is 1.89 bits per heavy atom. The van der Waals surface area contributed by atoms with E-state index in [9.17, 15) is 4.79 Å². The number of ether oxygens (including phenoxy) is 1. The lowest BCUT2D eigenvalue weighted by molar-refractivity contribution is 0.0457. The van der Waals surface area contributed by atoms with Crippen LogP contribution in [-0.2, 0) is 17.6 Å². The van der Waals surface area contributed by atoms with Gasteiger partial charge >= 0.3 is 6.09 Å². The van der Waals surface area contributed by atoms with Gasteiger partial charge in [-0.2, -0.15) is 0 Å². The fourth-order valence-electron chi connectivity index (χ4n) is 2.96. The fourth-order valence-corrected chi connectivity index (χ4v) is 2.96. The van der Waals surface area contributed by atoms with E-state index in [-0.39, 0.29) is 6.54 Å². The van der Waals surface area contributed by atoms with E-state index in [4.69, 9.17) is 10.3 Å². The molecule has 0 aromatic heterocycles. The molecule has 0 saturated heterocycles. The SMILES string of the molecule is CC(C)(C)OC(=O)NC(CN=[N+]=[N-])(Cc1ccccc1)Cc1ccccc1. The first kappa shape index (κ1) is 20.3. The molecule has 0 spiro atoms. The van der Waals surface area contributed by atoms with E-state index in [0.717, 1.165) is 11.1 Å². The molecule has 0 aliphatic carbocycles. The van der Waals surface area contributed by atoms with Gasteiger partial charge in [0.25, 0.3) is 0 Å². The molecule has 6 nitrogen and oxygen atoms in total. The second-order valence-corrected chi connectivity index (χ2v) is 7.62. The Morgan fingerprint density at radius 1 is 1.00 bits per heavy atom. The van der Waals surface area contributed by atoms with Gasteiger partial charge in [-0.25, -0.2) is 4.79 Å². The summed E-state index contributed by atoms with van der Waals surface area (Å²) in [5, 5.41) is 6.79. The highest BCUT2D eigenvalue weighted by molar-refractivity contribution is 5.69. The second kappa shape index (κ2) is 9.10. The first-order valence-electron chi connectivity index (χ1n) is 8.92. The van der Waals surface area contributed by atoms with Crippen LogP contribution >= 0.6 is 0 Å². The first-order chi connectivity index (χ1) is 12.8. The number of amides is 1. The predicted molar refractivity (Wildman–Crippen MR) is 106 cm³/mol. The van der Waals surface area contributed by atoms with E-state index < -0.39 is 17.2 Å². The Bertz CT molecular complexity index is 737. The van der Waals surface area contributed by atoms with Crippen molar-refractivity contribution in [2.45, 2.75) is 44.8 Å². The van der Waals surface area contributed by atoms with Crippen molar-refractivity contribution >= 4 is 6.09 Å². The summed E-state index contributed by atoms with van der Waals surface area (Å²) in [7, 11) is 0. The van der Waals surface area contributed by atoms with Crippen molar-refractivity contribution in [2.24, 2.45) is 5.11 Å². The Kier molecular flexibility index (Phi) is 6.85. The standard InChI is InChI=1S/C21H26N4O2/c1-20(2,3)27-19(26)24-21(16-23-25-22,14-17-10-6-4-7-11-17)15-18-12-8-5-9-13-18/h4-13H,14-16H2,1-3H3,(H,24,26). The van der Waals surface area contributed by atoms with Crippen molar-refractivity contribution in [2.75, 3.05) is 6.54 Å². The molecule has 6 heteroatoms. The lowest BCUT2D eigenvalue weighted by Crippen LogP contribution is -2.55. The van der Waals surface area contributed by atoms with Gasteiger partial charge < -0.3 is 10.1 Å². The molecule has 142 valence electrons. The van der Waals surface area contributed by atoms with Crippen molar-refractivity contribution in [3.05, 3.63) is 82.2 Å². The zero-order valence-corrected chi connectivity index (χ0v) is 16.1. The molecular formula is C21H26N4O2. The Labute approximate surface area is 160 Å². The van der Waals surface area contributed by atoms with E-state index in [1.807, 2.05) is 81.4 Å². The molecule has 27 heavy (non-hydrogen) atoms. The van der Waals surface area contributed by atoms with Gasteiger partial charge in [-0.05, 0) is 50.3 Å². The summed E-state index contributed by atoms with van der Waals surface area (Å²) >= 11 is 0. The zero-order chi connectivity index (χ0) is 19.8. The Balaban J connectivity index is 2.37. The molecule has 2 rings (SSSR count). The maximum absolute atomic E-state index is 12.5. The second-order valence-electron chi connectivity index (χ2n) is 7.62. The molecule has 0 bridgehead atoms. The smallest absolute Gasteiger partial charge is 0.408 e. The van der Waals surface area contributed by atoms with E-state index in [1.54, 1.807) is 0 Å². The predicted octanol–water partition coefficient (Wildman–Crippen LogP) is 5.05. The van der Waals surface area contributed by atoms with Crippen LogP contribution in [0, 0.1) is 0 Å². The zero-order valence-electron chi connectivity index (χ0n) is 16.1. The third-order valence-corrected chi connectivity index (χ3v) is 3.97. The highest BCUT2D eigenvalue weighted by Crippen LogP contribution is 2.22. The van der Waals surface area contributed by atoms with E-state index in [0.29, 0.717) is 12.8 Å². The van der Waals surface area contributed by atoms with Crippen LogP contribution in [0.25, 0.3) is 10.4 Å². The number of azide groups is 1. The molecule has 0 unspecified atom stereocenters. The number of nitrogens with zero attached hydrogens (tertiary/aromatic N) is 3. The van der Waals surface area contributed by atoms with Crippen molar-refractivity contribution < 1.29 is 9.53 Å². The van der Waals surface area contributed by atoms with Gasteiger partial charge in [0.05, 0.1) is 5.54 Å². The number of alkyl carbamates (subject to hydrolysis) is 1. The summed E-state index contributed by atoms with van der Waals surface area (Å²) in [6.07, 6.45) is 0.504. The molecule has 0 saturated carbocycles. The lowest BCUT2D eigenvalue weighted by Gasteiger charge is -2.35. The summed E-state index contributed by atoms with van der Waals surface area (Å²) in [6.45, 7) is 5.56. The first-order valence-corrected chi connectivity index (χ1v) is 8.92. The maximum Gasteiger partial charge on any atom is 0.408 e. The minimum absolute atomic E-state index is 0.118. The molecule has 1 N–H and O–H groups in total. The summed E-state index contributed by atoms with van der Waals surface area (Å²) in [6, 6.07) is 19.6. The van der Waals surface area contributed by atoms with Gasteiger partial charge in [-0.1, -0.05) is 65.8 Å². The van der Waals surface area contributed by atoms with Crippen LogP contribution in [0.4, 0.5) is 4.79 Å². The number of benzene rings is 2. The van der Waals surface area contributed by atoms with Gasteiger partial charge in [0.15, 0.2) is 0 Å². The van der Waals surface area contributed by atoms with Gasteiger partial charge in [0.2, 0.25) is 0 Å². The van der Waals surface area contributed by atoms with Crippen molar-refractivity contribution in [3.8, 4) is 0 Å².